The summed E-state index contributed by atoms with van der Waals surface area (Å²) in [5, 5.41) is 2.49. The molecule has 0 atom stereocenters. The van der Waals surface area contributed by atoms with Crippen LogP contribution in [0.5, 0.6) is 11.5 Å². The van der Waals surface area contributed by atoms with Crippen LogP contribution in [-0.2, 0) is 0 Å². The van der Waals surface area contributed by atoms with Crippen molar-refractivity contribution in [3.63, 3.8) is 0 Å². The monoisotopic (exact) mass is 449 g/mol. The van der Waals surface area contributed by atoms with Crippen LogP contribution in [0.1, 0.15) is 26.3 Å². The van der Waals surface area contributed by atoms with Gasteiger partial charge in [-0.2, -0.15) is 0 Å². The normalized spacial score (nSPS) is 10.0. The van der Waals surface area contributed by atoms with E-state index in [-0.39, 0.29) is 11.0 Å². The highest BCUT2D eigenvalue weighted by molar-refractivity contribution is 7.80. The summed E-state index contributed by atoms with van der Waals surface area (Å²) in [6, 6.07) is 23.2. The summed E-state index contributed by atoms with van der Waals surface area (Å²) in [4.78, 5) is 24.6. The Hall–Kier alpha value is -3.91. The average Bonchev–Trinajstić information content (AvgIpc) is 2.81. The summed E-state index contributed by atoms with van der Waals surface area (Å²) in [6.45, 7) is 2.59. The molecule has 0 radical (unpaired) electrons. The first-order chi connectivity index (χ1) is 15.5. The molecule has 3 aromatic carbocycles. The summed E-state index contributed by atoms with van der Waals surface area (Å²) in [7, 11) is 0. The van der Waals surface area contributed by atoms with Crippen molar-refractivity contribution in [2.45, 2.75) is 6.92 Å². The molecule has 7 nitrogen and oxygen atoms in total. The molecule has 3 N–H and O–H groups in total. The first-order valence-electron chi connectivity index (χ1n) is 9.90. The van der Waals surface area contributed by atoms with Crippen molar-refractivity contribution < 1.29 is 19.1 Å². The number of hydrogen-bond donors (Lipinski definition) is 3. The van der Waals surface area contributed by atoms with Gasteiger partial charge in [-0.05, 0) is 61.6 Å². The predicted molar refractivity (Wildman–Crippen MR) is 126 cm³/mol. The number of rotatable bonds is 7. The van der Waals surface area contributed by atoms with Crippen LogP contribution in [-0.4, -0.2) is 30.1 Å². The van der Waals surface area contributed by atoms with E-state index in [1.165, 1.54) is 0 Å². The van der Waals surface area contributed by atoms with E-state index in [4.69, 9.17) is 21.7 Å². The number of carbonyl (C=O) groups excluding carboxylic acids is 2. The molecule has 0 aliphatic rings. The van der Waals surface area contributed by atoms with Crippen molar-refractivity contribution in [1.82, 2.24) is 16.2 Å². The van der Waals surface area contributed by atoms with Gasteiger partial charge in [0.2, 0.25) is 0 Å². The third kappa shape index (κ3) is 7.10. The minimum atomic E-state index is -0.432. The zero-order valence-electron chi connectivity index (χ0n) is 17.5. The van der Waals surface area contributed by atoms with Gasteiger partial charge in [-0.1, -0.05) is 42.0 Å². The zero-order valence-corrected chi connectivity index (χ0v) is 18.3. The second kappa shape index (κ2) is 11.5. The number of hydrogen-bond acceptors (Lipinski definition) is 5. The van der Waals surface area contributed by atoms with Crippen molar-refractivity contribution in [3.05, 3.63) is 95.6 Å². The van der Waals surface area contributed by atoms with Crippen molar-refractivity contribution in [3.8, 4) is 11.5 Å². The van der Waals surface area contributed by atoms with Gasteiger partial charge in [-0.15, -0.1) is 0 Å². The summed E-state index contributed by atoms with van der Waals surface area (Å²) >= 11 is 5.08. The summed E-state index contributed by atoms with van der Waals surface area (Å²) in [5.41, 5.74) is 6.79. The second-order valence-corrected chi connectivity index (χ2v) is 7.18. The molecule has 164 valence electrons. The van der Waals surface area contributed by atoms with Gasteiger partial charge in [0.1, 0.15) is 24.7 Å². The molecule has 0 heterocycles. The molecule has 0 bridgehead atoms. The van der Waals surface area contributed by atoms with Crippen LogP contribution in [0.3, 0.4) is 0 Å². The number of benzene rings is 3. The molecule has 0 spiro atoms. The molecule has 0 fully saturated rings. The predicted octanol–water partition coefficient (Wildman–Crippen LogP) is 3.40. The Morgan fingerprint density at radius 3 is 2.09 bits per heavy atom. The number of carbonyl (C=O) groups is 2. The SMILES string of the molecule is Cc1cccc(C(=O)NNC(=S)NC(=O)c2cccc(OCCOc3ccccc3)c2)c1. The first kappa shape index (κ1) is 22.8. The van der Waals surface area contributed by atoms with E-state index < -0.39 is 5.91 Å². The van der Waals surface area contributed by atoms with Gasteiger partial charge >= 0.3 is 0 Å². The third-order valence-electron chi connectivity index (χ3n) is 4.26. The van der Waals surface area contributed by atoms with Crippen LogP contribution in [0.15, 0.2) is 78.9 Å². The molecule has 3 aromatic rings. The number of para-hydroxylation sites is 1. The van der Waals surface area contributed by atoms with Crippen LogP contribution in [0, 0.1) is 6.92 Å². The maximum atomic E-state index is 12.5. The van der Waals surface area contributed by atoms with E-state index in [1.54, 1.807) is 42.5 Å². The molecule has 0 aromatic heterocycles. The summed E-state index contributed by atoms with van der Waals surface area (Å²) in [6.07, 6.45) is 0. The van der Waals surface area contributed by atoms with Gasteiger partial charge in [-0.25, -0.2) is 0 Å². The fourth-order valence-electron chi connectivity index (χ4n) is 2.74. The van der Waals surface area contributed by atoms with E-state index in [2.05, 4.69) is 16.2 Å². The van der Waals surface area contributed by atoms with Gasteiger partial charge in [0.15, 0.2) is 5.11 Å². The van der Waals surface area contributed by atoms with E-state index >= 15 is 0 Å². The van der Waals surface area contributed by atoms with Gasteiger partial charge in [0.05, 0.1) is 0 Å². The molecule has 32 heavy (non-hydrogen) atoms. The molecule has 0 aliphatic heterocycles. The van der Waals surface area contributed by atoms with E-state index in [0.29, 0.717) is 30.1 Å². The van der Waals surface area contributed by atoms with E-state index in [1.807, 2.05) is 43.3 Å². The van der Waals surface area contributed by atoms with Gasteiger partial charge in [0, 0.05) is 11.1 Å². The standard InChI is InChI=1S/C24H23N3O4S/c1-17-7-5-8-18(15-17)23(29)26-27-24(32)25-22(28)19-9-6-12-21(16-19)31-14-13-30-20-10-3-2-4-11-20/h2-12,15-16H,13-14H2,1H3,(H,26,29)(H2,25,27,28,32). The molecule has 0 saturated heterocycles. The van der Waals surface area contributed by atoms with Crippen LogP contribution >= 0.6 is 12.2 Å². The lowest BCUT2D eigenvalue weighted by Gasteiger charge is -2.12. The zero-order chi connectivity index (χ0) is 22.8. The van der Waals surface area contributed by atoms with Gasteiger partial charge in [-0.3, -0.25) is 25.8 Å². The Balaban J connectivity index is 1.44. The Labute approximate surface area is 191 Å². The van der Waals surface area contributed by atoms with Crippen molar-refractivity contribution in [1.29, 1.82) is 0 Å². The first-order valence-corrected chi connectivity index (χ1v) is 10.3. The van der Waals surface area contributed by atoms with Crippen LogP contribution in [0.4, 0.5) is 0 Å². The number of amides is 2. The highest BCUT2D eigenvalue weighted by Gasteiger charge is 2.10. The highest BCUT2D eigenvalue weighted by atomic mass is 32.1. The van der Waals surface area contributed by atoms with Crippen LogP contribution in [0.25, 0.3) is 0 Å². The fraction of sp³-hybridized carbons (Fsp3) is 0.125. The molecule has 2 amide bonds. The number of ether oxygens (including phenoxy) is 2. The summed E-state index contributed by atoms with van der Waals surface area (Å²) < 4.78 is 11.2. The quantitative estimate of drug-likeness (QED) is 0.291. The molecular weight excluding hydrogens is 426 g/mol. The molecule has 8 heteroatoms. The van der Waals surface area contributed by atoms with Crippen molar-refractivity contribution >= 4 is 29.1 Å². The minimum absolute atomic E-state index is 0.0291. The fourth-order valence-corrected chi connectivity index (χ4v) is 2.89. The Kier molecular flexibility index (Phi) is 8.16. The molecule has 0 aliphatic carbocycles. The van der Waals surface area contributed by atoms with Crippen molar-refractivity contribution in [2.75, 3.05) is 13.2 Å². The van der Waals surface area contributed by atoms with Crippen molar-refractivity contribution in [2.24, 2.45) is 0 Å². The largest absolute Gasteiger partial charge is 0.490 e. The maximum absolute atomic E-state index is 12.5. The van der Waals surface area contributed by atoms with Crippen LogP contribution in [0.2, 0.25) is 0 Å². The lowest BCUT2D eigenvalue weighted by atomic mass is 10.1. The average molecular weight is 450 g/mol. The lowest BCUT2D eigenvalue weighted by Crippen LogP contribution is -2.48. The van der Waals surface area contributed by atoms with Gasteiger partial charge < -0.3 is 9.47 Å². The lowest BCUT2D eigenvalue weighted by molar-refractivity contribution is 0.0934. The molecule has 0 unspecified atom stereocenters. The topological polar surface area (TPSA) is 88.7 Å². The number of nitrogens with one attached hydrogen (secondary N) is 3. The number of thiocarbonyl (C=S) groups is 1. The van der Waals surface area contributed by atoms with Crippen LogP contribution < -0.4 is 25.6 Å². The minimum Gasteiger partial charge on any atom is -0.490 e. The van der Waals surface area contributed by atoms with E-state index in [9.17, 15) is 9.59 Å². The summed E-state index contributed by atoms with van der Waals surface area (Å²) in [5.74, 6) is 0.498. The third-order valence-corrected chi connectivity index (χ3v) is 4.46. The molecule has 0 saturated carbocycles. The van der Waals surface area contributed by atoms with E-state index in [0.717, 1.165) is 11.3 Å². The number of hydrazine groups is 1. The van der Waals surface area contributed by atoms with Gasteiger partial charge in [0.25, 0.3) is 11.8 Å². The second-order valence-electron chi connectivity index (χ2n) is 6.77. The maximum Gasteiger partial charge on any atom is 0.269 e. The Morgan fingerprint density at radius 2 is 1.38 bits per heavy atom. The Bertz CT molecular complexity index is 1090. The highest BCUT2D eigenvalue weighted by Crippen LogP contribution is 2.14. The molecular formula is C24H23N3O4S. The smallest absolute Gasteiger partial charge is 0.269 e. The Morgan fingerprint density at radius 1 is 0.750 bits per heavy atom. The number of aryl methyl sites for hydroxylation is 1. The molecule has 3 rings (SSSR count).